The molecule has 2 amide bonds. The quantitative estimate of drug-likeness (QED) is 0.247. The van der Waals surface area contributed by atoms with Crippen molar-refractivity contribution < 1.29 is 4.79 Å². The van der Waals surface area contributed by atoms with Crippen molar-refractivity contribution in [1.29, 1.82) is 0 Å². The zero-order chi connectivity index (χ0) is 26.9. The molecule has 0 unspecified atom stereocenters. The third-order valence-electron chi connectivity index (χ3n) is 8.08. The summed E-state index contributed by atoms with van der Waals surface area (Å²) in [5, 5.41) is 1.05. The van der Waals surface area contributed by atoms with Crippen LogP contribution in [0.1, 0.15) is 19.3 Å². The van der Waals surface area contributed by atoms with Crippen LogP contribution in [0.2, 0.25) is 0 Å². The van der Waals surface area contributed by atoms with E-state index in [1.165, 1.54) is 0 Å². The van der Waals surface area contributed by atoms with Crippen molar-refractivity contribution in [3.8, 4) is 11.3 Å². The molecular weight excluding hydrogens is 494 g/mol. The third kappa shape index (κ3) is 4.45. The van der Waals surface area contributed by atoms with Gasteiger partial charge >= 0.3 is 6.03 Å². The van der Waals surface area contributed by atoms with Crippen LogP contribution in [-0.2, 0) is 0 Å². The van der Waals surface area contributed by atoms with Crippen LogP contribution < -0.4 is 9.80 Å². The molecule has 6 nitrogen and oxygen atoms in total. The van der Waals surface area contributed by atoms with E-state index in [-0.39, 0.29) is 18.1 Å². The molecule has 0 N–H and O–H groups in total. The minimum absolute atomic E-state index is 0.0124. The summed E-state index contributed by atoms with van der Waals surface area (Å²) in [6.45, 7) is 1.28. The lowest BCUT2D eigenvalue weighted by Crippen LogP contribution is -2.63. The zero-order valence-electron chi connectivity index (χ0n) is 22.3. The maximum Gasteiger partial charge on any atom is 0.329 e. The van der Waals surface area contributed by atoms with Crippen molar-refractivity contribution in [3.63, 3.8) is 0 Å². The number of piperidine rings is 1. The molecule has 2 saturated heterocycles. The lowest BCUT2D eigenvalue weighted by atomic mass is 9.91. The fourth-order valence-electron chi connectivity index (χ4n) is 6.25. The minimum atomic E-state index is 0.0124. The van der Waals surface area contributed by atoms with Gasteiger partial charge in [0.05, 0.1) is 22.6 Å². The Labute approximate surface area is 234 Å². The van der Waals surface area contributed by atoms with Crippen LogP contribution in [0.25, 0.3) is 22.2 Å². The SMILES string of the molecule is O=C(N1C[C@H]2CCC[C@@H](C1)N2c1nc(-c2ccccc2)c2ccccc2n1)N(c1ccccc1)c1ccccc1. The molecule has 6 heteroatoms. The van der Waals surface area contributed by atoms with Gasteiger partial charge in [0, 0.05) is 36.1 Å². The molecule has 4 aromatic carbocycles. The standard InChI is InChI=1S/C34H31N5O/c40-34(39(26-15-6-2-7-16-26)27-17-8-3-9-18-27)37-23-28-19-12-20-29(24-37)38(28)33-35-31-22-11-10-21-30(31)32(36-33)25-13-4-1-5-14-25/h1-11,13-18,21-22,28-29H,12,19-20,23-24H2/t28-,29+. The largest absolute Gasteiger partial charge is 0.331 e. The number of aromatic nitrogens is 2. The summed E-state index contributed by atoms with van der Waals surface area (Å²) in [5.41, 5.74) is 4.73. The fourth-order valence-corrected chi connectivity index (χ4v) is 6.25. The molecule has 2 aliphatic heterocycles. The summed E-state index contributed by atoms with van der Waals surface area (Å²) in [6.07, 6.45) is 3.16. The highest BCUT2D eigenvalue weighted by molar-refractivity contribution is 5.99. The van der Waals surface area contributed by atoms with Crippen LogP contribution in [0, 0.1) is 0 Å². The van der Waals surface area contributed by atoms with Gasteiger partial charge in [0.25, 0.3) is 0 Å². The summed E-state index contributed by atoms with van der Waals surface area (Å²) in [6, 6.07) is 38.8. The molecule has 198 valence electrons. The van der Waals surface area contributed by atoms with E-state index in [4.69, 9.17) is 9.97 Å². The first-order valence-corrected chi connectivity index (χ1v) is 14.1. The summed E-state index contributed by atoms with van der Waals surface area (Å²) >= 11 is 0. The second kappa shape index (κ2) is 10.5. The number of carbonyl (C=O) groups is 1. The molecule has 0 spiro atoms. The number of piperazine rings is 1. The van der Waals surface area contributed by atoms with Crippen LogP contribution in [0.5, 0.6) is 0 Å². The molecule has 0 radical (unpaired) electrons. The number of para-hydroxylation sites is 3. The number of urea groups is 1. The highest BCUT2D eigenvalue weighted by Crippen LogP contribution is 2.36. The number of likely N-dealkylation sites (tertiary alicyclic amines) is 1. The Kier molecular flexibility index (Phi) is 6.36. The van der Waals surface area contributed by atoms with Gasteiger partial charge in [0.15, 0.2) is 0 Å². The van der Waals surface area contributed by atoms with Gasteiger partial charge in [-0.3, -0.25) is 4.90 Å². The van der Waals surface area contributed by atoms with Gasteiger partial charge in [-0.1, -0.05) is 84.9 Å². The second-order valence-corrected chi connectivity index (χ2v) is 10.6. The van der Waals surface area contributed by atoms with Gasteiger partial charge in [-0.25, -0.2) is 14.8 Å². The van der Waals surface area contributed by atoms with Crippen LogP contribution in [-0.4, -0.2) is 46.1 Å². The molecule has 2 aliphatic rings. The van der Waals surface area contributed by atoms with E-state index in [2.05, 4.69) is 41.3 Å². The third-order valence-corrected chi connectivity index (χ3v) is 8.08. The summed E-state index contributed by atoms with van der Waals surface area (Å²) in [4.78, 5) is 30.7. The highest BCUT2D eigenvalue weighted by Gasteiger charge is 2.42. The Bertz CT molecular complexity index is 1570. The van der Waals surface area contributed by atoms with Gasteiger partial charge in [-0.15, -0.1) is 0 Å². The van der Waals surface area contributed by atoms with Crippen molar-refractivity contribution in [2.24, 2.45) is 0 Å². The van der Waals surface area contributed by atoms with Crippen LogP contribution in [0.15, 0.2) is 115 Å². The summed E-state index contributed by atoms with van der Waals surface area (Å²) in [7, 11) is 0. The van der Waals surface area contributed by atoms with Gasteiger partial charge in [-0.2, -0.15) is 0 Å². The smallest absolute Gasteiger partial charge is 0.329 e. The maximum atomic E-state index is 14.2. The molecule has 5 aromatic rings. The summed E-state index contributed by atoms with van der Waals surface area (Å²) < 4.78 is 0. The lowest BCUT2D eigenvalue weighted by molar-refractivity contribution is 0.161. The number of fused-ring (bicyclic) bond motifs is 3. The van der Waals surface area contributed by atoms with E-state index < -0.39 is 0 Å². The average molecular weight is 526 g/mol. The molecule has 0 aliphatic carbocycles. The number of anilines is 3. The first-order chi connectivity index (χ1) is 19.8. The van der Waals surface area contributed by atoms with E-state index in [0.29, 0.717) is 13.1 Å². The average Bonchev–Trinajstić information content (AvgIpc) is 3.01. The number of rotatable bonds is 4. The maximum absolute atomic E-state index is 14.2. The predicted octanol–water partition coefficient (Wildman–Crippen LogP) is 7.30. The number of amides is 2. The van der Waals surface area contributed by atoms with Crippen molar-refractivity contribution >= 4 is 34.3 Å². The molecule has 2 bridgehead atoms. The molecule has 40 heavy (non-hydrogen) atoms. The normalized spacial score (nSPS) is 18.5. The Morgan fingerprint density at radius 3 is 1.85 bits per heavy atom. The van der Waals surface area contributed by atoms with E-state index >= 15 is 0 Å². The topological polar surface area (TPSA) is 52.6 Å². The highest BCUT2D eigenvalue weighted by atomic mass is 16.2. The van der Waals surface area contributed by atoms with Crippen molar-refractivity contribution in [3.05, 3.63) is 115 Å². The van der Waals surface area contributed by atoms with E-state index in [1.807, 2.05) is 88.7 Å². The molecular formula is C34H31N5O. The van der Waals surface area contributed by atoms with E-state index in [0.717, 1.165) is 58.7 Å². The Morgan fingerprint density at radius 1 is 0.675 bits per heavy atom. The second-order valence-electron chi connectivity index (χ2n) is 10.6. The monoisotopic (exact) mass is 525 g/mol. The number of hydrogen-bond acceptors (Lipinski definition) is 4. The fraction of sp³-hybridized carbons (Fsp3) is 0.206. The summed E-state index contributed by atoms with van der Waals surface area (Å²) in [5.74, 6) is 0.766. The number of nitrogens with zero attached hydrogens (tertiary/aromatic N) is 5. The first kappa shape index (κ1) is 24.3. The Balaban J connectivity index is 1.24. The van der Waals surface area contributed by atoms with Crippen LogP contribution in [0.4, 0.5) is 22.1 Å². The van der Waals surface area contributed by atoms with Crippen molar-refractivity contribution in [2.75, 3.05) is 22.9 Å². The molecule has 0 saturated carbocycles. The first-order valence-electron chi connectivity index (χ1n) is 14.1. The predicted molar refractivity (Wildman–Crippen MR) is 161 cm³/mol. The van der Waals surface area contributed by atoms with Gasteiger partial charge in [0.1, 0.15) is 0 Å². The Hall–Kier alpha value is -4.71. The lowest BCUT2D eigenvalue weighted by Gasteiger charge is -2.50. The molecule has 2 fully saturated rings. The minimum Gasteiger partial charge on any atom is -0.331 e. The Morgan fingerprint density at radius 2 is 1.23 bits per heavy atom. The van der Waals surface area contributed by atoms with Crippen LogP contribution >= 0.6 is 0 Å². The van der Waals surface area contributed by atoms with Crippen molar-refractivity contribution in [2.45, 2.75) is 31.3 Å². The van der Waals surface area contributed by atoms with E-state index in [1.54, 1.807) is 0 Å². The van der Waals surface area contributed by atoms with Crippen molar-refractivity contribution in [1.82, 2.24) is 14.9 Å². The molecule has 7 rings (SSSR count). The van der Waals surface area contributed by atoms with Gasteiger partial charge < -0.3 is 9.80 Å². The van der Waals surface area contributed by atoms with Gasteiger partial charge in [-0.05, 0) is 49.6 Å². The van der Waals surface area contributed by atoms with E-state index in [9.17, 15) is 4.79 Å². The zero-order valence-corrected chi connectivity index (χ0v) is 22.3. The number of hydrogen-bond donors (Lipinski definition) is 0. The molecule has 2 atom stereocenters. The number of carbonyl (C=O) groups excluding carboxylic acids is 1. The van der Waals surface area contributed by atoms with Crippen LogP contribution in [0.3, 0.4) is 0 Å². The molecule has 3 heterocycles. The molecule has 1 aromatic heterocycles. The number of benzene rings is 4. The van der Waals surface area contributed by atoms with Gasteiger partial charge in [0.2, 0.25) is 5.95 Å².